The van der Waals surface area contributed by atoms with Crippen LogP contribution in [0.4, 0.5) is 17.1 Å². The number of aromatic nitrogens is 1. The predicted octanol–water partition coefficient (Wildman–Crippen LogP) is 2.18. The van der Waals surface area contributed by atoms with Gasteiger partial charge in [0.2, 0.25) is 0 Å². The summed E-state index contributed by atoms with van der Waals surface area (Å²) in [4.78, 5) is 14.0. The van der Waals surface area contributed by atoms with Gasteiger partial charge in [0.05, 0.1) is 22.5 Å². The number of non-ortho nitro benzene ring substituents is 1. The van der Waals surface area contributed by atoms with Crippen molar-refractivity contribution >= 4 is 17.1 Å². The molecule has 1 aromatic heterocycles. The monoisotopic (exact) mass is 244 g/mol. The van der Waals surface area contributed by atoms with E-state index in [4.69, 9.17) is 5.73 Å². The first kappa shape index (κ1) is 11.8. The van der Waals surface area contributed by atoms with E-state index in [1.165, 1.54) is 12.1 Å². The van der Waals surface area contributed by atoms with Gasteiger partial charge in [-0.3, -0.25) is 15.1 Å². The van der Waals surface area contributed by atoms with Crippen molar-refractivity contribution in [1.29, 1.82) is 0 Å². The Labute approximate surface area is 104 Å². The number of nitrogens with one attached hydrogen (secondary N) is 1. The van der Waals surface area contributed by atoms with Crippen LogP contribution in [0, 0.1) is 10.1 Å². The molecule has 1 aromatic carbocycles. The van der Waals surface area contributed by atoms with Crippen LogP contribution in [0.5, 0.6) is 0 Å². The first-order valence-electron chi connectivity index (χ1n) is 5.33. The van der Waals surface area contributed by atoms with Crippen LogP contribution >= 0.6 is 0 Å². The molecule has 3 N–H and O–H groups in total. The lowest BCUT2D eigenvalue weighted by Gasteiger charge is -2.08. The maximum Gasteiger partial charge on any atom is 0.269 e. The lowest BCUT2D eigenvalue weighted by Crippen LogP contribution is -2.02. The normalized spacial score (nSPS) is 10.0. The van der Waals surface area contributed by atoms with Crippen molar-refractivity contribution in [3.05, 3.63) is 58.4 Å². The highest BCUT2D eigenvalue weighted by Crippen LogP contribution is 2.17. The number of anilines is 2. The number of nitro benzene ring substituents is 1. The molecule has 0 fully saturated rings. The molecular formula is C12H12N4O2. The maximum atomic E-state index is 10.5. The van der Waals surface area contributed by atoms with E-state index in [9.17, 15) is 10.1 Å². The summed E-state index contributed by atoms with van der Waals surface area (Å²) in [6, 6.07) is 8.16. The molecule has 0 atom stereocenters. The topological polar surface area (TPSA) is 94.1 Å². The molecule has 0 unspecified atom stereocenters. The van der Waals surface area contributed by atoms with E-state index in [0.717, 1.165) is 11.3 Å². The van der Waals surface area contributed by atoms with Crippen LogP contribution in [0.3, 0.4) is 0 Å². The largest absolute Gasteiger partial charge is 0.396 e. The standard InChI is InChI=1S/C12H12N4O2/c13-11-8-14-6-5-12(11)15-7-9-1-3-10(4-2-9)16(17)18/h1-6,8H,7,13H2,(H,14,15). The number of nitrogens with zero attached hydrogens (tertiary/aromatic N) is 2. The van der Waals surface area contributed by atoms with Crippen molar-refractivity contribution in [3.63, 3.8) is 0 Å². The fourth-order valence-electron chi connectivity index (χ4n) is 1.50. The van der Waals surface area contributed by atoms with E-state index in [1.54, 1.807) is 30.6 Å². The van der Waals surface area contributed by atoms with Crippen molar-refractivity contribution in [2.45, 2.75) is 6.54 Å². The minimum atomic E-state index is -0.419. The van der Waals surface area contributed by atoms with Crippen LogP contribution in [0.2, 0.25) is 0 Å². The molecule has 2 rings (SSSR count). The molecule has 0 aliphatic carbocycles. The quantitative estimate of drug-likeness (QED) is 0.635. The Hall–Kier alpha value is -2.63. The molecule has 2 aromatic rings. The third-order valence-electron chi connectivity index (χ3n) is 2.48. The summed E-state index contributed by atoms with van der Waals surface area (Å²) >= 11 is 0. The number of hydrogen-bond acceptors (Lipinski definition) is 5. The maximum absolute atomic E-state index is 10.5. The van der Waals surface area contributed by atoms with Gasteiger partial charge in [0, 0.05) is 24.9 Å². The summed E-state index contributed by atoms with van der Waals surface area (Å²) in [5.41, 5.74) is 8.12. The summed E-state index contributed by atoms with van der Waals surface area (Å²) in [6.45, 7) is 0.548. The average Bonchev–Trinajstić information content (AvgIpc) is 2.38. The lowest BCUT2D eigenvalue weighted by molar-refractivity contribution is -0.384. The SMILES string of the molecule is Nc1cnccc1NCc1ccc([N+](=O)[O-])cc1. The predicted molar refractivity (Wildman–Crippen MR) is 69.1 cm³/mol. The summed E-state index contributed by atoms with van der Waals surface area (Å²) < 4.78 is 0. The molecule has 0 radical (unpaired) electrons. The minimum Gasteiger partial charge on any atom is -0.396 e. The number of nitrogen functional groups attached to an aromatic ring is 1. The van der Waals surface area contributed by atoms with Crippen LogP contribution in [0.15, 0.2) is 42.7 Å². The van der Waals surface area contributed by atoms with Crippen molar-refractivity contribution < 1.29 is 4.92 Å². The number of pyridine rings is 1. The molecule has 6 heteroatoms. The summed E-state index contributed by atoms with van der Waals surface area (Å²) in [7, 11) is 0. The third-order valence-corrected chi connectivity index (χ3v) is 2.48. The van der Waals surface area contributed by atoms with E-state index in [-0.39, 0.29) is 5.69 Å². The van der Waals surface area contributed by atoms with Crippen molar-refractivity contribution in [2.24, 2.45) is 0 Å². The Bertz CT molecular complexity index is 554. The number of hydrogen-bond donors (Lipinski definition) is 2. The van der Waals surface area contributed by atoms with Crippen LogP contribution in [-0.4, -0.2) is 9.91 Å². The average molecular weight is 244 g/mol. The zero-order valence-corrected chi connectivity index (χ0v) is 9.54. The molecule has 0 amide bonds. The first-order valence-corrected chi connectivity index (χ1v) is 5.33. The highest BCUT2D eigenvalue weighted by atomic mass is 16.6. The van der Waals surface area contributed by atoms with Crippen molar-refractivity contribution in [2.75, 3.05) is 11.1 Å². The fraction of sp³-hybridized carbons (Fsp3) is 0.0833. The van der Waals surface area contributed by atoms with E-state index >= 15 is 0 Å². The van der Waals surface area contributed by atoms with Crippen molar-refractivity contribution in [1.82, 2.24) is 4.98 Å². The van der Waals surface area contributed by atoms with Crippen LogP contribution in [0.25, 0.3) is 0 Å². The van der Waals surface area contributed by atoms with Crippen LogP contribution < -0.4 is 11.1 Å². The minimum absolute atomic E-state index is 0.0853. The van der Waals surface area contributed by atoms with Gasteiger partial charge in [0.15, 0.2) is 0 Å². The molecule has 0 saturated heterocycles. The number of rotatable bonds is 4. The number of nitro groups is 1. The van der Waals surface area contributed by atoms with E-state index in [2.05, 4.69) is 10.3 Å². The van der Waals surface area contributed by atoms with Gasteiger partial charge in [-0.15, -0.1) is 0 Å². The van der Waals surface area contributed by atoms with Gasteiger partial charge in [-0.05, 0) is 11.6 Å². The van der Waals surface area contributed by atoms with Crippen LogP contribution in [-0.2, 0) is 6.54 Å². The fourth-order valence-corrected chi connectivity index (χ4v) is 1.50. The smallest absolute Gasteiger partial charge is 0.269 e. The zero-order chi connectivity index (χ0) is 13.0. The zero-order valence-electron chi connectivity index (χ0n) is 9.54. The highest BCUT2D eigenvalue weighted by molar-refractivity contribution is 5.64. The van der Waals surface area contributed by atoms with Gasteiger partial charge in [-0.2, -0.15) is 0 Å². The van der Waals surface area contributed by atoms with Gasteiger partial charge in [0.1, 0.15) is 0 Å². The highest BCUT2D eigenvalue weighted by Gasteiger charge is 2.04. The number of benzene rings is 1. The van der Waals surface area contributed by atoms with E-state index in [1.807, 2.05) is 0 Å². The Kier molecular flexibility index (Phi) is 3.38. The molecule has 92 valence electrons. The summed E-state index contributed by atoms with van der Waals surface area (Å²) in [6.07, 6.45) is 3.21. The molecule has 6 nitrogen and oxygen atoms in total. The molecule has 0 aliphatic rings. The molecule has 0 aliphatic heterocycles. The van der Waals surface area contributed by atoms with Gasteiger partial charge in [-0.25, -0.2) is 0 Å². The molecule has 0 bridgehead atoms. The van der Waals surface area contributed by atoms with Gasteiger partial charge >= 0.3 is 0 Å². The second-order valence-electron chi connectivity index (χ2n) is 3.74. The van der Waals surface area contributed by atoms with E-state index < -0.39 is 4.92 Å². The molecule has 0 spiro atoms. The first-order chi connectivity index (χ1) is 8.66. The second kappa shape index (κ2) is 5.13. The van der Waals surface area contributed by atoms with Gasteiger partial charge in [-0.1, -0.05) is 12.1 Å². The molecule has 1 heterocycles. The van der Waals surface area contributed by atoms with Gasteiger partial charge < -0.3 is 11.1 Å². The summed E-state index contributed by atoms with van der Waals surface area (Å²) in [5.74, 6) is 0. The summed E-state index contributed by atoms with van der Waals surface area (Å²) in [5, 5.41) is 13.6. The Morgan fingerprint density at radius 2 is 2.00 bits per heavy atom. The lowest BCUT2D eigenvalue weighted by atomic mass is 10.2. The van der Waals surface area contributed by atoms with Crippen molar-refractivity contribution in [3.8, 4) is 0 Å². The van der Waals surface area contributed by atoms with E-state index in [0.29, 0.717) is 12.2 Å². The second-order valence-corrected chi connectivity index (χ2v) is 3.74. The Balaban J connectivity index is 2.02. The third kappa shape index (κ3) is 2.73. The van der Waals surface area contributed by atoms with Crippen LogP contribution in [0.1, 0.15) is 5.56 Å². The Morgan fingerprint density at radius 1 is 1.28 bits per heavy atom. The molecule has 18 heavy (non-hydrogen) atoms. The Morgan fingerprint density at radius 3 is 2.61 bits per heavy atom. The number of nitrogens with two attached hydrogens (primary N) is 1. The molecular weight excluding hydrogens is 232 g/mol. The van der Waals surface area contributed by atoms with Gasteiger partial charge in [0.25, 0.3) is 5.69 Å². The molecule has 0 saturated carbocycles.